The van der Waals surface area contributed by atoms with Crippen LogP contribution in [0.1, 0.15) is 16.1 Å². The predicted molar refractivity (Wildman–Crippen MR) is 89.5 cm³/mol. The monoisotopic (exact) mass is 343 g/mol. The number of carbonyl (C=O) groups is 1. The summed E-state index contributed by atoms with van der Waals surface area (Å²) in [4.78, 5) is 15.4. The summed E-state index contributed by atoms with van der Waals surface area (Å²) < 4.78 is 0.921. The molecule has 4 N–H and O–H groups in total. The average Bonchev–Trinajstić information content (AvgIpc) is 2.88. The lowest BCUT2D eigenvalue weighted by Gasteiger charge is -2.07. The molecule has 0 aliphatic rings. The molecular weight excluding hydrogens is 330 g/mol. The van der Waals surface area contributed by atoms with Gasteiger partial charge in [0.05, 0.1) is 11.2 Å². The number of aromatic nitrogens is 1. The predicted octanol–water partition coefficient (Wildman–Crippen LogP) is 4.07. The Morgan fingerprint density at radius 1 is 1.24 bits per heavy atom. The van der Waals surface area contributed by atoms with E-state index in [2.05, 4.69) is 26.2 Å². The quantitative estimate of drug-likeness (QED) is 0.613. The third-order valence-electron chi connectivity index (χ3n) is 3.38. The standard InChI is InChI=1S/C16H14BrN3O/c1-9-5-6-11(17)8-13(9)20-16(21)14-7-10-3-2-4-12(18)15(10)19-14/h2-8,19H,18H2,1H3,(H,20,21). The van der Waals surface area contributed by atoms with Crippen molar-refractivity contribution in [3.63, 3.8) is 0 Å². The molecule has 1 heterocycles. The molecule has 0 saturated heterocycles. The maximum absolute atomic E-state index is 12.4. The lowest BCUT2D eigenvalue weighted by Crippen LogP contribution is -2.13. The molecule has 0 unspecified atom stereocenters. The number of benzene rings is 2. The van der Waals surface area contributed by atoms with Crippen LogP contribution < -0.4 is 11.1 Å². The molecule has 106 valence electrons. The van der Waals surface area contributed by atoms with Crippen molar-refractivity contribution >= 4 is 44.1 Å². The fraction of sp³-hybridized carbons (Fsp3) is 0.0625. The van der Waals surface area contributed by atoms with Crippen LogP contribution in [0.4, 0.5) is 11.4 Å². The number of halogens is 1. The Balaban J connectivity index is 1.93. The smallest absolute Gasteiger partial charge is 0.272 e. The van der Waals surface area contributed by atoms with Gasteiger partial charge in [0, 0.05) is 15.5 Å². The summed E-state index contributed by atoms with van der Waals surface area (Å²) in [6.07, 6.45) is 0. The second-order valence-electron chi connectivity index (χ2n) is 4.91. The van der Waals surface area contributed by atoms with Crippen molar-refractivity contribution in [1.82, 2.24) is 4.98 Å². The van der Waals surface area contributed by atoms with E-state index >= 15 is 0 Å². The molecule has 0 radical (unpaired) electrons. The Morgan fingerprint density at radius 3 is 2.81 bits per heavy atom. The van der Waals surface area contributed by atoms with E-state index in [0.29, 0.717) is 11.4 Å². The molecule has 4 nitrogen and oxygen atoms in total. The van der Waals surface area contributed by atoms with Gasteiger partial charge in [0.25, 0.3) is 5.91 Å². The van der Waals surface area contributed by atoms with E-state index in [4.69, 9.17) is 5.73 Å². The summed E-state index contributed by atoms with van der Waals surface area (Å²) in [5.41, 5.74) is 9.58. The number of nitrogens with two attached hydrogens (primary N) is 1. The van der Waals surface area contributed by atoms with Crippen LogP contribution in [0, 0.1) is 6.92 Å². The largest absolute Gasteiger partial charge is 0.397 e. The highest BCUT2D eigenvalue weighted by Crippen LogP contribution is 2.24. The van der Waals surface area contributed by atoms with E-state index in [-0.39, 0.29) is 5.91 Å². The summed E-state index contributed by atoms with van der Waals surface area (Å²) in [6, 6.07) is 13.2. The molecule has 0 aliphatic carbocycles. The van der Waals surface area contributed by atoms with Crippen molar-refractivity contribution in [1.29, 1.82) is 0 Å². The third kappa shape index (κ3) is 2.64. The fourth-order valence-electron chi connectivity index (χ4n) is 2.22. The molecule has 5 heteroatoms. The minimum absolute atomic E-state index is 0.188. The van der Waals surface area contributed by atoms with Gasteiger partial charge in [-0.1, -0.05) is 34.1 Å². The Kier molecular flexibility index (Phi) is 3.43. The Morgan fingerprint density at radius 2 is 2.05 bits per heavy atom. The van der Waals surface area contributed by atoms with Gasteiger partial charge in [-0.25, -0.2) is 0 Å². The van der Waals surface area contributed by atoms with Gasteiger partial charge < -0.3 is 16.0 Å². The maximum atomic E-state index is 12.4. The first-order valence-electron chi connectivity index (χ1n) is 6.49. The van der Waals surface area contributed by atoms with Crippen LogP contribution in [0.25, 0.3) is 10.9 Å². The number of para-hydroxylation sites is 1. The number of aryl methyl sites for hydroxylation is 1. The van der Waals surface area contributed by atoms with Crippen LogP contribution in [0.3, 0.4) is 0 Å². The molecule has 0 spiro atoms. The highest BCUT2D eigenvalue weighted by Gasteiger charge is 2.12. The molecule has 2 aromatic carbocycles. The fourth-order valence-corrected chi connectivity index (χ4v) is 2.58. The van der Waals surface area contributed by atoms with Crippen LogP contribution in [0.5, 0.6) is 0 Å². The van der Waals surface area contributed by atoms with Gasteiger partial charge in [-0.15, -0.1) is 0 Å². The number of anilines is 2. The van der Waals surface area contributed by atoms with Gasteiger partial charge in [-0.3, -0.25) is 4.79 Å². The molecule has 0 bridgehead atoms. The number of H-pyrrole nitrogens is 1. The average molecular weight is 344 g/mol. The molecule has 0 aliphatic heterocycles. The van der Waals surface area contributed by atoms with Gasteiger partial charge in [0.15, 0.2) is 0 Å². The first kappa shape index (κ1) is 13.7. The summed E-state index contributed by atoms with van der Waals surface area (Å²) >= 11 is 3.40. The van der Waals surface area contributed by atoms with E-state index in [1.54, 1.807) is 12.1 Å². The summed E-state index contributed by atoms with van der Waals surface area (Å²) in [5, 5.41) is 3.83. The number of hydrogen-bond acceptors (Lipinski definition) is 2. The molecule has 1 aromatic heterocycles. The molecule has 3 rings (SSSR count). The number of fused-ring (bicyclic) bond motifs is 1. The third-order valence-corrected chi connectivity index (χ3v) is 3.87. The van der Waals surface area contributed by atoms with Gasteiger partial charge in [-0.05, 0) is 36.8 Å². The molecular formula is C16H14BrN3O. The van der Waals surface area contributed by atoms with E-state index in [0.717, 1.165) is 26.6 Å². The SMILES string of the molecule is Cc1ccc(Br)cc1NC(=O)c1cc2cccc(N)c2[nH]1. The van der Waals surface area contributed by atoms with Crippen molar-refractivity contribution in [3.8, 4) is 0 Å². The van der Waals surface area contributed by atoms with Gasteiger partial charge in [-0.2, -0.15) is 0 Å². The van der Waals surface area contributed by atoms with Crippen LogP contribution in [0.15, 0.2) is 46.9 Å². The van der Waals surface area contributed by atoms with Gasteiger partial charge in [0.1, 0.15) is 5.69 Å². The van der Waals surface area contributed by atoms with Crippen molar-refractivity contribution < 1.29 is 4.79 Å². The number of carbonyl (C=O) groups excluding carboxylic acids is 1. The number of nitrogen functional groups attached to an aromatic ring is 1. The number of nitrogens with one attached hydrogen (secondary N) is 2. The van der Waals surface area contributed by atoms with Crippen molar-refractivity contribution in [3.05, 3.63) is 58.2 Å². The Hall–Kier alpha value is -2.27. The van der Waals surface area contributed by atoms with Crippen molar-refractivity contribution in [2.24, 2.45) is 0 Å². The van der Waals surface area contributed by atoms with Gasteiger partial charge >= 0.3 is 0 Å². The first-order valence-corrected chi connectivity index (χ1v) is 7.28. The zero-order valence-corrected chi connectivity index (χ0v) is 13.0. The lowest BCUT2D eigenvalue weighted by atomic mass is 10.2. The Labute approximate surface area is 130 Å². The van der Waals surface area contributed by atoms with E-state index in [1.807, 2.05) is 37.3 Å². The molecule has 0 saturated carbocycles. The first-order chi connectivity index (χ1) is 10.0. The van der Waals surface area contributed by atoms with Crippen LogP contribution in [-0.4, -0.2) is 10.9 Å². The number of rotatable bonds is 2. The van der Waals surface area contributed by atoms with E-state index in [9.17, 15) is 4.79 Å². The molecule has 21 heavy (non-hydrogen) atoms. The number of hydrogen-bond donors (Lipinski definition) is 3. The zero-order chi connectivity index (χ0) is 15.0. The Bertz CT molecular complexity index is 839. The topological polar surface area (TPSA) is 70.9 Å². The minimum atomic E-state index is -0.188. The highest BCUT2D eigenvalue weighted by atomic mass is 79.9. The van der Waals surface area contributed by atoms with Gasteiger partial charge in [0.2, 0.25) is 0 Å². The maximum Gasteiger partial charge on any atom is 0.272 e. The van der Waals surface area contributed by atoms with E-state index < -0.39 is 0 Å². The van der Waals surface area contributed by atoms with Crippen molar-refractivity contribution in [2.45, 2.75) is 6.92 Å². The molecule has 3 aromatic rings. The minimum Gasteiger partial charge on any atom is -0.397 e. The molecule has 0 atom stereocenters. The summed E-state index contributed by atoms with van der Waals surface area (Å²) in [5.74, 6) is -0.188. The van der Waals surface area contributed by atoms with Crippen LogP contribution in [-0.2, 0) is 0 Å². The zero-order valence-electron chi connectivity index (χ0n) is 11.4. The van der Waals surface area contributed by atoms with Crippen LogP contribution in [0.2, 0.25) is 0 Å². The van der Waals surface area contributed by atoms with E-state index in [1.165, 1.54) is 0 Å². The van der Waals surface area contributed by atoms with Crippen LogP contribution >= 0.6 is 15.9 Å². The molecule has 0 fully saturated rings. The normalized spacial score (nSPS) is 10.8. The second-order valence-corrected chi connectivity index (χ2v) is 5.82. The lowest BCUT2D eigenvalue weighted by molar-refractivity contribution is 0.102. The van der Waals surface area contributed by atoms with Crippen molar-refractivity contribution in [2.75, 3.05) is 11.1 Å². The second kappa shape index (κ2) is 5.26. The highest BCUT2D eigenvalue weighted by molar-refractivity contribution is 9.10. The number of amides is 1. The summed E-state index contributed by atoms with van der Waals surface area (Å²) in [7, 11) is 0. The molecule has 1 amide bonds. The number of aromatic amines is 1. The summed E-state index contributed by atoms with van der Waals surface area (Å²) in [6.45, 7) is 1.95.